The number of hydrogen-bond donors (Lipinski definition) is 0. The van der Waals surface area contributed by atoms with Crippen LogP contribution in [0.5, 0.6) is 0 Å². The average molecular weight is 676 g/mol. The summed E-state index contributed by atoms with van der Waals surface area (Å²) in [6.07, 6.45) is 0. The minimum Gasteiger partial charge on any atom is -0.310 e. The van der Waals surface area contributed by atoms with Crippen molar-refractivity contribution in [3.8, 4) is 55.6 Å². The van der Waals surface area contributed by atoms with Gasteiger partial charge in [0.25, 0.3) is 0 Å². The molecule has 9 rings (SSSR count). The van der Waals surface area contributed by atoms with Crippen molar-refractivity contribution >= 4 is 27.8 Å². The first kappa shape index (κ1) is 32.0. The van der Waals surface area contributed by atoms with E-state index in [0.717, 1.165) is 17.1 Å². The first-order chi connectivity index (χ1) is 26.2. The van der Waals surface area contributed by atoms with Crippen LogP contribution in [0.2, 0.25) is 0 Å². The molecule has 0 saturated heterocycles. The quantitative estimate of drug-likeness (QED) is 0.155. The molecule has 0 aromatic heterocycles. The Morgan fingerprint density at radius 1 is 0.189 bits per heavy atom. The van der Waals surface area contributed by atoms with Crippen molar-refractivity contribution in [3.05, 3.63) is 224 Å². The number of benzene rings is 9. The lowest BCUT2D eigenvalue weighted by atomic mass is 9.98. The summed E-state index contributed by atoms with van der Waals surface area (Å²) in [5, 5.41) is 2.49. The van der Waals surface area contributed by atoms with E-state index in [4.69, 9.17) is 0 Å². The molecule has 0 N–H and O–H groups in total. The number of anilines is 3. The Hall–Kier alpha value is -6.96. The van der Waals surface area contributed by atoms with Crippen molar-refractivity contribution in [2.45, 2.75) is 0 Å². The fraction of sp³-hybridized carbons (Fsp3) is 0. The standard InChI is InChI=1S/C52H37N/c1-3-11-38(12-4-1)41-21-23-43(24-22-41)44-31-33-50(34-32-44)53(52-20-10-18-48(37-52)49-30-29-40-15-7-8-16-46(40)35-49)51-19-9-17-47(36-51)45-27-25-42(26-28-45)39-13-5-2-6-14-39/h1-37H. The Morgan fingerprint density at radius 3 is 1.04 bits per heavy atom. The fourth-order valence-electron chi connectivity index (χ4n) is 7.24. The normalized spacial score (nSPS) is 11.0. The van der Waals surface area contributed by atoms with E-state index in [1.54, 1.807) is 0 Å². The highest BCUT2D eigenvalue weighted by atomic mass is 15.1. The maximum absolute atomic E-state index is 2.37. The molecule has 0 amide bonds. The fourth-order valence-corrected chi connectivity index (χ4v) is 7.24. The van der Waals surface area contributed by atoms with Gasteiger partial charge in [0.15, 0.2) is 0 Å². The third-order valence-corrected chi connectivity index (χ3v) is 10.1. The summed E-state index contributed by atoms with van der Waals surface area (Å²) in [6.45, 7) is 0. The maximum atomic E-state index is 2.37. The summed E-state index contributed by atoms with van der Waals surface area (Å²) in [5.74, 6) is 0. The Labute approximate surface area is 311 Å². The van der Waals surface area contributed by atoms with E-state index in [1.165, 1.54) is 66.4 Å². The van der Waals surface area contributed by atoms with Crippen LogP contribution in [0.3, 0.4) is 0 Å². The Bertz CT molecular complexity index is 2620. The number of hydrogen-bond acceptors (Lipinski definition) is 1. The summed E-state index contributed by atoms with van der Waals surface area (Å²) in [7, 11) is 0. The van der Waals surface area contributed by atoms with Crippen molar-refractivity contribution in [3.63, 3.8) is 0 Å². The molecule has 1 heteroatoms. The van der Waals surface area contributed by atoms with Gasteiger partial charge in [-0.25, -0.2) is 0 Å². The molecule has 0 heterocycles. The molecule has 0 bridgehead atoms. The van der Waals surface area contributed by atoms with Crippen LogP contribution in [0, 0.1) is 0 Å². The highest BCUT2D eigenvalue weighted by molar-refractivity contribution is 5.89. The van der Waals surface area contributed by atoms with Gasteiger partial charge < -0.3 is 4.90 Å². The van der Waals surface area contributed by atoms with Gasteiger partial charge in [-0.15, -0.1) is 0 Å². The summed E-state index contributed by atoms with van der Waals surface area (Å²) in [4.78, 5) is 2.37. The molecule has 0 aliphatic carbocycles. The minimum atomic E-state index is 1.10. The van der Waals surface area contributed by atoms with Crippen molar-refractivity contribution in [1.29, 1.82) is 0 Å². The van der Waals surface area contributed by atoms with Gasteiger partial charge in [0, 0.05) is 17.1 Å². The summed E-state index contributed by atoms with van der Waals surface area (Å²) in [5.41, 5.74) is 15.3. The van der Waals surface area contributed by atoms with E-state index in [-0.39, 0.29) is 0 Å². The van der Waals surface area contributed by atoms with Gasteiger partial charge in [0.1, 0.15) is 0 Å². The zero-order valence-electron chi connectivity index (χ0n) is 29.3. The third-order valence-electron chi connectivity index (χ3n) is 10.1. The summed E-state index contributed by atoms with van der Waals surface area (Å²) < 4.78 is 0. The van der Waals surface area contributed by atoms with Crippen LogP contribution >= 0.6 is 0 Å². The number of rotatable bonds is 8. The van der Waals surface area contributed by atoms with Crippen molar-refractivity contribution in [2.24, 2.45) is 0 Å². The van der Waals surface area contributed by atoms with Crippen LogP contribution in [0.4, 0.5) is 17.1 Å². The van der Waals surface area contributed by atoms with Gasteiger partial charge in [0.05, 0.1) is 0 Å². The molecule has 53 heavy (non-hydrogen) atoms. The van der Waals surface area contributed by atoms with E-state index in [0.29, 0.717) is 0 Å². The maximum Gasteiger partial charge on any atom is 0.0467 e. The third kappa shape index (κ3) is 6.77. The lowest BCUT2D eigenvalue weighted by molar-refractivity contribution is 1.28. The van der Waals surface area contributed by atoms with Gasteiger partial charge in [0.2, 0.25) is 0 Å². The highest BCUT2D eigenvalue weighted by Gasteiger charge is 2.15. The molecule has 0 atom stereocenters. The van der Waals surface area contributed by atoms with Gasteiger partial charge >= 0.3 is 0 Å². The number of nitrogens with zero attached hydrogens (tertiary/aromatic N) is 1. The van der Waals surface area contributed by atoms with Gasteiger partial charge in [-0.1, -0.05) is 182 Å². The molecule has 9 aromatic rings. The zero-order valence-corrected chi connectivity index (χ0v) is 29.3. The second kappa shape index (κ2) is 14.3. The monoisotopic (exact) mass is 675 g/mol. The molecule has 0 spiro atoms. The average Bonchev–Trinajstić information content (AvgIpc) is 3.25. The predicted octanol–water partition coefficient (Wildman–Crippen LogP) is 14.6. The SMILES string of the molecule is c1ccc(-c2ccc(-c3ccc(N(c4cccc(-c5ccc(-c6ccccc6)cc5)c4)c4cccc(-c5ccc6ccccc6c5)c4)cc3)cc2)cc1. The molecule has 0 saturated carbocycles. The van der Waals surface area contributed by atoms with E-state index < -0.39 is 0 Å². The largest absolute Gasteiger partial charge is 0.310 e. The molecule has 9 aromatic carbocycles. The Balaban J connectivity index is 1.09. The van der Waals surface area contributed by atoms with Gasteiger partial charge in [-0.3, -0.25) is 0 Å². The topological polar surface area (TPSA) is 3.24 Å². The van der Waals surface area contributed by atoms with E-state index in [9.17, 15) is 0 Å². The van der Waals surface area contributed by atoms with Gasteiger partial charge in [-0.2, -0.15) is 0 Å². The van der Waals surface area contributed by atoms with Crippen LogP contribution in [-0.2, 0) is 0 Å². The first-order valence-corrected chi connectivity index (χ1v) is 18.2. The molecule has 250 valence electrons. The Morgan fingerprint density at radius 2 is 0.528 bits per heavy atom. The van der Waals surface area contributed by atoms with Crippen molar-refractivity contribution in [2.75, 3.05) is 4.90 Å². The lowest BCUT2D eigenvalue weighted by Gasteiger charge is -2.27. The van der Waals surface area contributed by atoms with Crippen LogP contribution < -0.4 is 4.90 Å². The second-order valence-corrected chi connectivity index (χ2v) is 13.4. The van der Waals surface area contributed by atoms with Crippen LogP contribution in [0.25, 0.3) is 66.4 Å². The summed E-state index contributed by atoms with van der Waals surface area (Å²) >= 11 is 0. The van der Waals surface area contributed by atoms with Crippen molar-refractivity contribution in [1.82, 2.24) is 0 Å². The van der Waals surface area contributed by atoms with E-state index in [1.807, 2.05) is 0 Å². The van der Waals surface area contributed by atoms with Crippen LogP contribution in [0.15, 0.2) is 224 Å². The molecular formula is C52H37N. The smallest absolute Gasteiger partial charge is 0.0467 e. The molecule has 0 unspecified atom stereocenters. The molecule has 0 aliphatic heterocycles. The van der Waals surface area contributed by atoms with E-state index >= 15 is 0 Å². The summed E-state index contributed by atoms with van der Waals surface area (Å²) in [6, 6.07) is 80.8. The van der Waals surface area contributed by atoms with Gasteiger partial charge in [-0.05, 0) is 109 Å². The number of fused-ring (bicyclic) bond motifs is 1. The highest BCUT2D eigenvalue weighted by Crippen LogP contribution is 2.39. The second-order valence-electron chi connectivity index (χ2n) is 13.4. The lowest BCUT2D eigenvalue weighted by Crippen LogP contribution is -2.10. The van der Waals surface area contributed by atoms with E-state index in [2.05, 4.69) is 229 Å². The molecule has 0 fully saturated rings. The molecular weight excluding hydrogens is 639 g/mol. The predicted molar refractivity (Wildman–Crippen MR) is 226 cm³/mol. The molecule has 0 aliphatic rings. The first-order valence-electron chi connectivity index (χ1n) is 18.2. The van der Waals surface area contributed by atoms with Crippen LogP contribution in [-0.4, -0.2) is 0 Å². The minimum absolute atomic E-state index is 1.10. The molecule has 1 nitrogen and oxygen atoms in total. The molecule has 0 radical (unpaired) electrons. The zero-order chi connectivity index (χ0) is 35.4. The Kier molecular flexibility index (Phi) is 8.66. The van der Waals surface area contributed by atoms with Crippen molar-refractivity contribution < 1.29 is 0 Å². The van der Waals surface area contributed by atoms with Crippen LogP contribution in [0.1, 0.15) is 0 Å².